The van der Waals surface area contributed by atoms with Gasteiger partial charge >= 0.3 is 188 Å². The standard InChI is InChI=1S/C25H44O2SeSi/c1-8-9-15-24-25(28-23-13-11-10-12-14-23)18-22(27-24)16-17-26-29(19(2)3,20(4)5)21(6)7/h10-14,19-22,24-25H,8-9,15-18H2,1-7H3/t22-,24+,25+/m1/s1. The van der Waals surface area contributed by atoms with Crippen LogP contribution < -0.4 is 4.46 Å². The molecule has 0 spiro atoms. The number of hydrogen-bond acceptors (Lipinski definition) is 2. The Balaban J connectivity index is 1.96. The molecule has 1 aliphatic rings. The van der Waals surface area contributed by atoms with E-state index in [9.17, 15) is 0 Å². The zero-order valence-electron chi connectivity index (χ0n) is 19.8. The summed E-state index contributed by atoms with van der Waals surface area (Å²) in [4.78, 5) is 0.712. The maximum atomic E-state index is 6.81. The number of hydrogen-bond donors (Lipinski definition) is 0. The van der Waals surface area contributed by atoms with Gasteiger partial charge < -0.3 is 0 Å². The Morgan fingerprint density at radius 3 is 2.17 bits per heavy atom. The summed E-state index contributed by atoms with van der Waals surface area (Å²) in [6.07, 6.45) is 6.85. The fraction of sp³-hybridized carbons (Fsp3) is 0.760. The predicted molar refractivity (Wildman–Crippen MR) is 130 cm³/mol. The van der Waals surface area contributed by atoms with Crippen LogP contribution in [0.3, 0.4) is 0 Å². The summed E-state index contributed by atoms with van der Waals surface area (Å²) < 4.78 is 14.9. The molecule has 0 aromatic heterocycles. The first-order chi connectivity index (χ1) is 13.8. The van der Waals surface area contributed by atoms with Crippen LogP contribution in [0.4, 0.5) is 0 Å². The van der Waals surface area contributed by atoms with Gasteiger partial charge in [-0.25, -0.2) is 0 Å². The Bertz CT molecular complexity index is 554. The van der Waals surface area contributed by atoms with Crippen molar-refractivity contribution in [2.75, 3.05) is 6.61 Å². The van der Waals surface area contributed by atoms with Gasteiger partial charge in [0.05, 0.1) is 0 Å². The van der Waals surface area contributed by atoms with E-state index < -0.39 is 8.32 Å². The number of benzene rings is 1. The molecule has 1 aromatic carbocycles. The molecule has 2 rings (SSSR count). The molecule has 1 aromatic rings. The van der Waals surface area contributed by atoms with Gasteiger partial charge in [-0.1, -0.05) is 0 Å². The summed E-state index contributed by atoms with van der Waals surface area (Å²) in [5.41, 5.74) is 1.95. The molecule has 0 unspecified atom stereocenters. The summed E-state index contributed by atoms with van der Waals surface area (Å²) in [5.74, 6) is 0. The predicted octanol–water partition coefficient (Wildman–Crippen LogP) is 6.73. The van der Waals surface area contributed by atoms with Gasteiger partial charge in [-0.2, -0.15) is 0 Å². The molecule has 1 aliphatic heterocycles. The van der Waals surface area contributed by atoms with Crippen LogP contribution in [0, 0.1) is 0 Å². The van der Waals surface area contributed by atoms with Crippen LogP contribution >= 0.6 is 0 Å². The van der Waals surface area contributed by atoms with Crippen molar-refractivity contribution in [3.05, 3.63) is 30.3 Å². The van der Waals surface area contributed by atoms with E-state index in [0.29, 0.717) is 48.6 Å². The van der Waals surface area contributed by atoms with Crippen molar-refractivity contribution in [2.45, 2.75) is 114 Å². The molecule has 0 radical (unpaired) electrons. The van der Waals surface area contributed by atoms with Crippen molar-refractivity contribution < 1.29 is 9.16 Å². The molecule has 29 heavy (non-hydrogen) atoms. The van der Waals surface area contributed by atoms with Crippen LogP contribution in [-0.2, 0) is 9.16 Å². The van der Waals surface area contributed by atoms with E-state index in [-0.39, 0.29) is 0 Å². The Morgan fingerprint density at radius 2 is 1.62 bits per heavy atom. The Kier molecular flexibility index (Phi) is 10.4. The maximum absolute atomic E-state index is 6.81. The first-order valence-corrected chi connectivity index (χ1v) is 15.8. The summed E-state index contributed by atoms with van der Waals surface area (Å²) >= 11 is 0.502. The molecule has 0 bridgehead atoms. The van der Waals surface area contributed by atoms with Gasteiger partial charge in [0.2, 0.25) is 0 Å². The Morgan fingerprint density at radius 1 is 1.00 bits per heavy atom. The molecule has 1 saturated heterocycles. The first-order valence-electron chi connectivity index (χ1n) is 11.8. The fourth-order valence-corrected chi connectivity index (χ4v) is 13.6. The van der Waals surface area contributed by atoms with Crippen molar-refractivity contribution >= 4 is 27.7 Å². The topological polar surface area (TPSA) is 18.5 Å². The van der Waals surface area contributed by atoms with Gasteiger partial charge in [-0.3, -0.25) is 0 Å². The second kappa shape index (κ2) is 12.1. The van der Waals surface area contributed by atoms with Crippen LogP contribution in [-0.4, -0.2) is 42.1 Å². The summed E-state index contributed by atoms with van der Waals surface area (Å²) in [6, 6.07) is 11.1. The molecule has 4 heteroatoms. The van der Waals surface area contributed by atoms with Gasteiger partial charge in [0.1, 0.15) is 0 Å². The van der Waals surface area contributed by atoms with E-state index >= 15 is 0 Å². The Labute approximate surface area is 187 Å². The van der Waals surface area contributed by atoms with E-state index in [1.165, 1.54) is 30.1 Å². The monoisotopic (exact) mass is 484 g/mol. The number of ether oxygens (including phenoxy) is 1. The molecule has 3 atom stereocenters. The molecular weight excluding hydrogens is 439 g/mol. The average molecular weight is 484 g/mol. The van der Waals surface area contributed by atoms with Crippen molar-refractivity contribution in [1.29, 1.82) is 0 Å². The van der Waals surface area contributed by atoms with Crippen LogP contribution in [0.5, 0.6) is 0 Å². The molecule has 0 aliphatic carbocycles. The first kappa shape index (κ1) is 25.1. The molecule has 1 heterocycles. The molecule has 166 valence electrons. The van der Waals surface area contributed by atoms with E-state index in [1.54, 1.807) is 0 Å². The fourth-order valence-electron chi connectivity index (χ4n) is 5.31. The van der Waals surface area contributed by atoms with Crippen molar-refractivity contribution in [3.63, 3.8) is 0 Å². The molecule has 0 N–H and O–H groups in total. The van der Waals surface area contributed by atoms with Crippen molar-refractivity contribution in [3.8, 4) is 0 Å². The van der Waals surface area contributed by atoms with Gasteiger partial charge in [-0.05, 0) is 0 Å². The van der Waals surface area contributed by atoms with E-state index in [1.807, 2.05) is 0 Å². The van der Waals surface area contributed by atoms with Gasteiger partial charge in [0, 0.05) is 0 Å². The SMILES string of the molecule is CCCC[C@@H]1O[C@H](CCO[Si](C(C)C)(C(C)C)C(C)C)C[C@@H]1[Se]c1ccccc1. The van der Waals surface area contributed by atoms with Crippen LogP contribution in [0.15, 0.2) is 30.3 Å². The van der Waals surface area contributed by atoms with Gasteiger partial charge in [0.15, 0.2) is 0 Å². The third-order valence-corrected chi connectivity index (χ3v) is 15.6. The van der Waals surface area contributed by atoms with E-state index in [0.717, 1.165) is 13.0 Å². The number of rotatable bonds is 12. The zero-order valence-corrected chi connectivity index (χ0v) is 22.5. The average Bonchev–Trinajstić information content (AvgIpc) is 3.04. The van der Waals surface area contributed by atoms with E-state index in [2.05, 4.69) is 78.8 Å². The summed E-state index contributed by atoms with van der Waals surface area (Å²) in [7, 11) is -1.77. The third-order valence-electron chi connectivity index (χ3n) is 6.65. The minimum absolute atomic E-state index is 0.380. The molecule has 2 nitrogen and oxygen atoms in total. The van der Waals surface area contributed by atoms with Crippen LogP contribution in [0.1, 0.15) is 80.6 Å². The third kappa shape index (κ3) is 6.68. The second-order valence-corrected chi connectivity index (χ2v) is 17.8. The van der Waals surface area contributed by atoms with Gasteiger partial charge in [0.25, 0.3) is 0 Å². The normalized spacial score (nSPS) is 22.9. The second-order valence-electron chi connectivity index (χ2n) is 9.60. The summed E-state index contributed by atoms with van der Waals surface area (Å²) in [6.45, 7) is 17.4. The van der Waals surface area contributed by atoms with E-state index in [4.69, 9.17) is 9.16 Å². The summed E-state index contributed by atoms with van der Waals surface area (Å²) in [5, 5.41) is 0. The molecular formula is C25H44O2SeSi. The number of unbranched alkanes of at least 4 members (excludes halogenated alkanes) is 1. The quantitative estimate of drug-likeness (QED) is 0.307. The van der Waals surface area contributed by atoms with Crippen molar-refractivity contribution in [2.24, 2.45) is 0 Å². The van der Waals surface area contributed by atoms with Crippen LogP contribution in [0.2, 0.25) is 21.4 Å². The van der Waals surface area contributed by atoms with Crippen LogP contribution in [0.25, 0.3) is 0 Å². The zero-order chi connectivity index (χ0) is 21.4. The molecule has 0 amide bonds. The van der Waals surface area contributed by atoms with Gasteiger partial charge in [-0.15, -0.1) is 0 Å². The molecule has 1 fully saturated rings. The minimum atomic E-state index is -1.77. The molecule has 0 saturated carbocycles. The Hall–Kier alpha value is -0.124. The van der Waals surface area contributed by atoms with Crippen molar-refractivity contribution in [1.82, 2.24) is 0 Å².